The van der Waals surface area contributed by atoms with Gasteiger partial charge in [-0.05, 0) is 61.2 Å². The van der Waals surface area contributed by atoms with Gasteiger partial charge in [0.15, 0.2) is 0 Å². The lowest BCUT2D eigenvalue weighted by Crippen LogP contribution is -2.53. The first kappa shape index (κ1) is 26.9. The van der Waals surface area contributed by atoms with Crippen molar-refractivity contribution in [3.8, 4) is 0 Å². The molecule has 3 aromatic carbocycles. The zero-order valence-electron chi connectivity index (χ0n) is 21.7. The third kappa shape index (κ3) is 5.05. The Bertz CT molecular complexity index is 1660. The number of hydrazine groups is 1. The second kappa shape index (κ2) is 10.5. The number of aromatic amines is 1. The molecule has 0 aliphatic carbocycles. The molecule has 8 nitrogen and oxygen atoms in total. The van der Waals surface area contributed by atoms with Crippen LogP contribution in [0, 0.1) is 12.8 Å². The number of nitrogens with zero attached hydrogens (tertiary/aromatic N) is 1. The van der Waals surface area contributed by atoms with Gasteiger partial charge in [-0.1, -0.05) is 61.8 Å². The molecule has 1 aliphatic rings. The van der Waals surface area contributed by atoms with Crippen LogP contribution in [0.1, 0.15) is 53.5 Å². The lowest BCUT2D eigenvalue weighted by atomic mass is 9.93. The summed E-state index contributed by atoms with van der Waals surface area (Å²) in [6.07, 6.45) is 0.326. The highest BCUT2D eigenvalue weighted by Crippen LogP contribution is 2.44. The molecule has 0 saturated heterocycles. The normalized spacial score (nSPS) is 16.1. The summed E-state index contributed by atoms with van der Waals surface area (Å²) in [6, 6.07) is 19.3. The number of rotatable bonds is 8. The third-order valence-corrected chi connectivity index (χ3v) is 8.50. The van der Waals surface area contributed by atoms with Crippen LogP contribution in [0.5, 0.6) is 0 Å². The molecule has 4 aromatic rings. The molecular weight excluding hydrogens is 536 g/mol. The van der Waals surface area contributed by atoms with E-state index in [4.69, 9.17) is 11.6 Å². The number of nitrogens with one attached hydrogen (secondary N) is 3. The Labute approximate surface area is 232 Å². The van der Waals surface area contributed by atoms with Gasteiger partial charge in [-0.15, -0.1) is 4.83 Å². The SMILES string of the molecule is Cc1[nH]c2ccccc2c1C1c2ccccc2C(=O)N1C(CC(C)C)C(=O)NNS(=O)(=O)c1ccc(Cl)cc1. The van der Waals surface area contributed by atoms with E-state index in [2.05, 4.69) is 15.2 Å². The van der Waals surface area contributed by atoms with E-state index in [0.29, 0.717) is 17.0 Å². The Balaban J connectivity index is 1.54. The Morgan fingerprint density at radius 3 is 2.41 bits per heavy atom. The van der Waals surface area contributed by atoms with Gasteiger partial charge in [-0.3, -0.25) is 15.0 Å². The summed E-state index contributed by atoms with van der Waals surface area (Å²) in [6.45, 7) is 5.87. The number of hydrogen-bond donors (Lipinski definition) is 3. The minimum Gasteiger partial charge on any atom is -0.358 e. The highest BCUT2D eigenvalue weighted by molar-refractivity contribution is 7.89. The predicted molar refractivity (Wildman–Crippen MR) is 151 cm³/mol. The minimum atomic E-state index is -4.07. The van der Waals surface area contributed by atoms with Crippen molar-refractivity contribution in [3.05, 3.63) is 100 Å². The van der Waals surface area contributed by atoms with Crippen LogP contribution < -0.4 is 10.3 Å². The molecule has 0 radical (unpaired) electrons. The number of fused-ring (bicyclic) bond motifs is 2. The third-order valence-electron chi connectivity index (χ3n) is 6.98. The Morgan fingerprint density at radius 1 is 1.03 bits per heavy atom. The van der Waals surface area contributed by atoms with E-state index in [-0.39, 0.29) is 16.7 Å². The van der Waals surface area contributed by atoms with Crippen LogP contribution in [-0.2, 0) is 14.8 Å². The van der Waals surface area contributed by atoms with Gasteiger partial charge < -0.3 is 9.88 Å². The second-order valence-electron chi connectivity index (χ2n) is 10.1. The molecule has 2 unspecified atom stereocenters. The fourth-order valence-electron chi connectivity index (χ4n) is 5.27. The molecule has 2 amide bonds. The Hall–Kier alpha value is -3.66. The van der Waals surface area contributed by atoms with Crippen molar-refractivity contribution >= 4 is 44.3 Å². The average Bonchev–Trinajstić information content (AvgIpc) is 3.38. The highest BCUT2D eigenvalue weighted by atomic mass is 35.5. The largest absolute Gasteiger partial charge is 0.358 e. The summed E-state index contributed by atoms with van der Waals surface area (Å²) in [5, 5.41) is 1.35. The van der Waals surface area contributed by atoms with Gasteiger partial charge in [0.05, 0.1) is 10.9 Å². The van der Waals surface area contributed by atoms with Crippen LogP contribution in [-0.4, -0.2) is 36.2 Å². The highest BCUT2D eigenvalue weighted by Gasteiger charge is 2.45. The van der Waals surface area contributed by atoms with Gasteiger partial charge in [-0.25, -0.2) is 8.42 Å². The number of carbonyl (C=O) groups excluding carboxylic acids is 2. The molecular formula is C29H29ClN4O4S. The summed E-state index contributed by atoms with van der Waals surface area (Å²) in [5.41, 5.74) is 6.43. The maximum Gasteiger partial charge on any atom is 0.257 e. The van der Waals surface area contributed by atoms with Gasteiger partial charge in [0.2, 0.25) is 0 Å². The number of benzene rings is 3. The van der Waals surface area contributed by atoms with Crippen molar-refractivity contribution in [1.82, 2.24) is 20.1 Å². The van der Waals surface area contributed by atoms with Gasteiger partial charge in [-0.2, -0.15) is 0 Å². The van der Waals surface area contributed by atoms with Crippen molar-refractivity contribution in [3.63, 3.8) is 0 Å². The van der Waals surface area contributed by atoms with Crippen LogP contribution in [0.25, 0.3) is 10.9 Å². The number of carbonyl (C=O) groups is 2. The quantitative estimate of drug-likeness (QED) is 0.259. The summed E-state index contributed by atoms with van der Waals surface area (Å²) in [4.78, 5) is 34.7. The zero-order valence-corrected chi connectivity index (χ0v) is 23.3. The Morgan fingerprint density at radius 2 is 1.69 bits per heavy atom. The second-order valence-corrected chi connectivity index (χ2v) is 12.2. The number of hydrogen-bond acceptors (Lipinski definition) is 4. The number of para-hydroxylation sites is 1. The summed E-state index contributed by atoms with van der Waals surface area (Å²) in [7, 11) is -4.07. The zero-order chi connectivity index (χ0) is 27.9. The van der Waals surface area contributed by atoms with Crippen molar-refractivity contribution in [2.24, 2.45) is 5.92 Å². The van der Waals surface area contributed by atoms with Crippen molar-refractivity contribution in [2.75, 3.05) is 0 Å². The molecule has 10 heteroatoms. The maximum absolute atomic E-state index is 13.9. The molecule has 3 N–H and O–H groups in total. The summed E-state index contributed by atoms with van der Waals surface area (Å²) >= 11 is 5.88. The van der Waals surface area contributed by atoms with Crippen molar-refractivity contribution < 1.29 is 18.0 Å². The van der Waals surface area contributed by atoms with E-state index < -0.39 is 28.0 Å². The molecule has 0 spiro atoms. The molecule has 39 heavy (non-hydrogen) atoms. The molecule has 202 valence electrons. The van der Waals surface area contributed by atoms with E-state index in [9.17, 15) is 18.0 Å². The van der Waals surface area contributed by atoms with Crippen molar-refractivity contribution in [1.29, 1.82) is 0 Å². The molecule has 5 rings (SSSR count). The van der Waals surface area contributed by atoms with Gasteiger partial charge >= 0.3 is 0 Å². The number of aryl methyl sites for hydroxylation is 1. The number of halogens is 1. The molecule has 0 saturated carbocycles. The molecule has 2 atom stereocenters. The van der Waals surface area contributed by atoms with Crippen LogP contribution >= 0.6 is 11.6 Å². The topological polar surface area (TPSA) is 111 Å². The van der Waals surface area contributed by atoms with Crippen LogP contribution in [0.15, 0.2) is 77.7 Å². The number of aromatic nitrogens is 1. The van der Waals surface area contributed by atoms with Gasteiger partial charge in [0, 0.05) is 32.7 Å². The first-order valence-corrected chi connectivity index (χ1v) is 14.5. The molecule has 0 fully saturated rings. The summed E-state index contributed by atoms with van der Waals surface area (Å²) in [5.74, 6) is -0.860. The van der Waals surface area contributed by atoms with Gasteiger partial charge in [0.1, 0.15) is 6.04 Å². The lowest BCUT2D eigenvalue weighted by molar-refractivity contribution is -0.127. The molecule has 2 heterocycles. The Kier molecular flexibility index (Phi) is 7.24. The van der Waals surface area contributed by atoms with E-state index >= 15 is 0 Å². The first-order chi connectivity index (χ1) is 18.6. The number of H-pyrrole nitrogens is 1. The predicted octanol–water partition coefficient (Wildman–Crippen LogP) is 5.10. The maximum atomic E-state index is 13.9. The van der Waals surface area contributed by atoms with E-state index in [1.165, 1.54) is 24.3 Å². The number of amides is 2. The van der Waals surface area contributed by atoms with E-state index in [0.717, 1.165) is 27.7 Å². The standard InChI is InChI=1S/C29H29ClN4O4S/c1-17(2)16-25(28(35)32-33-39(37,38)20-14-12-19(30)13-15-20)34-27(21-8-4-5-9-22(21)29(34)36)26-18(3)31-24-11-7-6-10-23(24)26/h4-15,17,25,27,31,33H,16H2,1-3H3,(H,32,35). The van der Waals surface area contributed by atoms with Crippen molar-refractivity contribution in [2.45, 2.75) is 44.2 Å². The fraction of sp³-hybridized carbons (Fsp3) is 0.241. The van der Waals surface area contributed by atoms with Gasteiger partial charge in [0.25, 0.3) is 21.8 Å². The van der Waals surface area contributed by atoms with E-state index in [1.54, 1.807) is 17.0 Å². The summed E-state index contributed by atoms with van der Waals surface area (Å²) < 4.78 is 25.7. The molecule has 1 aromatic heterocycles. The van der Waals surface area contributed by atoms with Crippen LogP contribution in [0.4, 0.5) is 0 Å². The first-order valence-electron chi connectivity index (χ1n) is 12.6. The molecule has 1 aliphatic heterocycles. The smallest absolute Gasteiger partial charge is 0.257 e. The fourth-order valence-corrected chi connectivity index (χ4v) is 6.24. The minimum absolute atomic E-state index is 0.0369. The van der Waals surface area contributed by atoms with Crippen LogP contribution in [0.3, 0.4) is 0 Å². The van der Waals surface area contributed by atoms with Crippen LogP contribution in [0.2, 0.25) is 5.02 Å². The number of sulfonamides is 1. The lowest BCUT2D eigenvalue weighted by Gasteiger charge is -2.34. The van der Waals surface area contributed by atoms with E-state index in [1.807, 2.05) is 57.2 Å². The molecule has 0 bridgehead atoms. The average molecular weight is 565 g/mol. The monoisotopic (exact) mass is 564 g/mol.